The Morgan fingerprint density at radius 3 is 2.67 bits per heavy atom. The van der Waals surface area contributed by atoms with Crippen molar-refractivity contribution < 1.29 is 14.7 Å². The second-order valence-electron chi connectivity index (χ2n) is 5.30. The van der Waals surface area contributed by atoms with Crippen molar-refractivity contribution in [3.05, 3.63) is 29.3 Å². The minimum Gasteiger partial charge on any atom is -0.481 e. The molecule has 1 saturated carbocycles. The average Bonchev–Trinajstić information content (AvgIpc) is 2.64. The van der Waals surface area contributed by atoms with E-state index >= 15 is 0 Å². The highest BCUT2D eigenvalue weighted by atomic mass is 35.5. The summed E-state index contributed by atoms with van der Waals surface area (Å²) in [4.78, 5) is 23.3. The van der Waals surface area contributed by atoms with Gasteiger partial charge < -0.3 is 15.7 Å². The van der Waals surface area contributed by atoms with Crippen LogP contribution in [0.1, 0.15) is 32.1 Å². The minimum absolute atomic E-state index is 0.329. The lowest BCUT2D eigenvalue weighted by atomic mass is 9.95. The minimum atomic E-state index is -0.843. The Morgan fingerprint density at radius 1 is 1.19 bits per heavy atom. The molecule has 1 fully saturated rings. The Hall–Kier alpha value is -1.75. The predicted molar refractivity (Wildman–Crippen MR) is 81.6 cm³/mol. The van der Waals surface area contributed by atoms with Gasteiger partial charge in [-0.1, -0.05) is 36.9 Å². The van der Waals surface area contributed by atoms with Crippen LogP contribution in [0.3, 0.4) is 0 Å². The molecule has 2 atom stereocenters. The molecular weight excluding hydrogens is 292 g/mol. The zero-order valence-corrected chi connectivity index (χ0v) is 12.4. The van der Waals surface area contributed by atoms with E-state index in [4.69, 9.17) is 11.6 Å². The maximum atomic E-state index is 12.0. The van der Waals surface area contributed by atoms with E-state index in [2.05, 4.69) is 10.6 Å². The number of carboxylic acid groups (broad SMARTS) is 1. The number of carboxylic acids is 1. The first-order valence-electron chi connectivity index (χ1n) is 7.12. The number of hydrogen-bond acceptors (Lipinski definition) is 2. The van der Waals surface area contributed by atoms with Crippen LogP contribution in [0.25, 0.3) is 0 Å². The lowest BCUT2D eigenvalue weighted by Gasteiger charge is -2.23. The van der Waals surface area contributed by atoms with Gasteiger partial charge in [-0.15, -0.1) is 0 Å². The maximum absolute atomic E-state index is 12.0. The molecule has 0 spiro atoms. The third kappa shape index (κ3) is 4.63. The van der Waals surface area contributed by atoms with Crippen LogP contribution in [0.15, 0.2) is 24.3 Å². The van der Waals surface area contributed by atoms with Crippen molar-refractivity contribution in [2.75, 3.05) is 5.32 Å². The number of aliphatic carboxylic acids is 1. The van der Waals surface area contributed by atoms with Gasteiger partial charge in [-0.25, -0.2) is 4.79 Å². The number of carbonyl (C=O) groups is 2. The van der Waals surface area contributed by atoms with E-state index in [9.17, 15) is 14.7 Å². The summed E-state index contributed by atoms with van der Waals surface area (Å²) in [6.07, 6.45) is 4.15. The molecule has 2 amide bonds. The van der Waals surface area contributed by atoms with Gasteiger partial charge in [0, 0.05) is 16.8 Å². The second-order valence-corrected chi connectivity index (χ2v) is 5.73. The lowest BCUT2D eigenvalue weighted by molar-refractivity contribution is -0.142. The van der Waals surface area contributed by atoms with Crippen LogP contribution in [0, 0.1) is 5.92 Å². The molecule has 1 aliphatic rings. The number of benzene rings is 1. The maximum Gasteiger partial charge on any atom is 0.319 e. The summed E-state index contributed by atoms with van der Waals surface area (Å²) in [6.45, 7) is 0. The molecular formula is C15H19ClN2O3. The summed E-state index contributed by atoms with van der Waals surface area (Å²) in [6, 6.07) is 6.11. The summed E-state index contributed by atoms with van der Waals surface area (Å²) in [7, 11) is 0. The second kappa shape index (κ2) is 7.31. The van der Waals surface area contributed by atoms with Crippen LogP contribution in [-0.2, 0) is 4.79 Å². The van der Waals surface area contributed by atoms with Crippen LogP contribution in [0.2, 0.25) is 5.02 Å². The average molecular weight is 311 g/mol. The van der Waals surface area contributed by atoms with Crippen molar-refractivity contribution >= 4 is 29.3 Å². The monoisotopic (exact) mass is 310 g/mol. The molecule has 114 valence electrons. The smallest absolute Gasteiger partial charge is 0.319 e. The van der Waals surface area contributed by atoms with Crippen LogP contribution in [0.4, 0.5) is 10.5 Å². The number of carbonyl (C=O) groups excluding carboxylic acids is 1. The highest BCUT2D eigenvalue weighted by Crippen LogP contribution is 2.24. The first kappa shape index (κ1) is 15.6. The van der Waals surface area contributed by atoms with Gasteiger partial charge in [0.1, 0.15) is 0 Å². The fourth-order valence-corrected chi connectivity index (χ4v) is 2.87. The molecule has 5 nitrogen and oxygen atoms in total. The Bertz CT molecular complexity index is 521. The Morgan fingerprint density at radius 2 is 1.95 bits per heavy atom. The standard InChI is InChI=1S/C15H19ClN2O3/c16-10-5-4-6-11(9-10)17-15(21)18-13-8-3-1-2-7-12(13)14(19)20/h4-6,9,12-13H,1-3,7-8H2,(H,19,20)(H2,17,18,21). The van der Waals surface area contributed by atoms with E-state index in [-0.39, 0.29) is 6.04 Å². The molecule has 1 aliphatic carbocycles. The SMILES string of the molecule is O=C(Nc1cccc(Cl)c1)NC1CCCCCC1C(=O)O. The van der Waals surface area contributed by atoms with Gasteiger partial charge in [0.15, 0.2) is 0 Å². The van der Waals surface area contributed by atoms with E-state index in [1.165, 1.54) is 0 Å². The molecule has 2 unspecified atom stereocenters. The fraction of sp³-hybridized carbons (Fsp3) is 0.467. The molecule has 3 N–H and O–H groups in total. The predicted octanol–water partition coefficient (Wildman–Crippen LogP) is 3.50. The first-order valence-corrected chi connectivity index (χ1v) is 7.50. The molecule has 0 radical (unpaired) electrons. The number of urea groups is 1. The normalized spacial score (nSPS) is 22.1. The highest BCUT2D eigenvalue weighted by molar-refractivity contribution is 6.30. The summed E-state index contributed by atoms with van der Waals surface area (Å²) in [5.74, 6) is -1.36. The quantitative estimate of drug-likeness (QED) is 0.748. The van der Waals surface area contributed by atoms with Crippen LogP contribution < -0.4 is 10.6 Å². The Labute approximate surface area is 128 Å². The lowest BCUT2D eigenvalue weighted by Crippen LogP contribution is -2.44. The van der Waals surface area contributed by atoms with E-state index in [0.29, 0.717) is 23.6 Å². The van der Waals surface area contributed by atoms with Crippen LogP contribution >= 0.6 is 11.6 Å². The number of nitrogens with one attached hydrogen (secondary N) is 2. The summed E-state index contributed by atoms with van der Waals surface area (Å²) >= 11 is 5.86. The van der Waals surface area contributed by atoms with E-state index in [1.54, 1.807) is 24.3 Å². The van der Waals surface area contributed by atoms with E-state index in [0.717, 1.165) is 19.3 Å². The number of rotatable bonds is 3. The Balaban J connectivity index is 1.97. The number of hydrogen-bond donors (Lipinski definition) is 3. The molecule has 0 aromatic heterocycles. The van der Waals surface area contributed by atoms with Gasteiger partial charge in [0.2, 0.25) is 0 Å². The Kier molecular flexibility index (Phi) is 5.44. The molecule has 1 aromatic carbocycles. The molecule has 0 bridgehead atoms. The molecule has 6 heteroatoms. The van der Waals surface area contributed by atoms with Crippen molar-refractivity contribution in [1.29, 1.82) is 0 Å². The third-order valence-corrected chi connectivity index (χ3v) is 3.97. The summed E-state index contributed by atoms with van der Waals surface area (Å²) in [5, 5.41) is 15.3. The van der Waals surface area contributed by atoms with Gasteiger partial charge in [0.25, 0.3) is 0 Å². The van der Waals surface area contributed by atoms with Crippen LogP contribution in [0.5, 0.6) is 0 Å². The highest BCUT2D eigenvalue weighted by Gasteiger charge is 2.30. The zero-order valence-electron chi connectivity index (χ0n) is 11.6. The van der Waals surface area contributed by atoms with Gasteiger partial charge in [-0.05, 0) is 31.0 Å². The third-order valence-electron chi connectivity index (χ3n) is 3.73. The molecule has 0 aliphatic heterocycles. The van der Waals surface area contributed by atoms with Crippen molar-refractivity contribution in [3.63, 3.8) is 0 Å². The molecule has 1 aromatic rings. The zero-order chi connectivity index (χ0) is 15.2. The van der Waals surface area contributed by atoms with Crippen molar-refractivity contribution in [2.45, 2.75) is 38.1 Å². The summed E-state index contributed by atoms with van der Waals surface area (Å²) in [5.41, 5.74) is 0.584. The van der Waals surface area contributed by atoms with E-state index in [1.807, 2.05) is 0 Å². The van der Waals surface area contributed by atoms with Crippen molar-refractivity contribution in [2.24, 2.45) is 5.92 Å². The van der Waals surface area contributed by atoms with Crippen molar-refractivity contribution in [3.8, 4) is 0 Å². The van der Waals surface area contributed by atoms with Crippen molar-refractivity contribution in [1.82, 2.24) is 5.32 Å². The number of halogens is 1. The summed E-state index contributed by atoms with van der Waals surface area (Å²) < 4.78 is 0. The molecule has 0 saturated heterocycles. The van der Waals surface area contributed by atoms with Gasteiger partial charge in [0.05, 0.1) is 5.92 Å². The number of amides is 2. The fourth-order valence-electron chi connectivity index (χ4n) is 2.68. The van der Waals surface area contributed by atoms with Crippen LogP contribution in [-0.4, -0.2) is 23.1 Å². The van der Waals surface area contributed by atoms with E-state index < -0.39 is 17.9 Å². The van der Waals surface area contributed by atoms with Gasteiger partial charge in [-0.2, -0.15) is 0 Å². The topological polar surface area (TPSA) is 78.4 Å². The first-order chi connectivity index (χ1) is 10.1. The van der Waals surface area contributed by atoms with Gasteiger partial charge in [-0.3, -0.25) is 4.79 Å². The largest absolute Gasteiger partial charge is 0.481 e. The van der Waals surface area contributed by atoms with Gasteiger partial charge >= 0.3 is 12.0 Å². The molecule has 2 rings (SSSR count). The number of anilines is 1. The molecule has 0 heterocycles. The molecule has 21 heavy (non-hydrogen) atoms.